The molecule has 1 saturated heterocycles. The van der Waals surface area contributed by atoms with E-state index < -0.39 is 0 Å². The smallest absolute Gasteiger partial charge is 0.257 e. The van der Waals surface area contributed by atoms with Crippen LogP contribution in [0.5, 0.6) is 0 Å². The molecule has 1 aliphatic rings. The van der Waals surface area contributed by atoms with Crippen LogP contribution in [0, 0.1) is 11.7 Å². The Morgan fingerprint density at radius 2 is 1.83 bits per heavy atom. The number of hydrogen-bond donors (Lipinski definition) is 1. The molecule has 3 rings (SSSR count). The standard InChI is InChI=1S/C17H17FN2O3/c18-14-1-3-15(4-2-14)19-16(21)12-5-8-20(9-6-12)17(22)13-7-10-23-11-13/h1-4,7,10-12H,5-6,8-9H2,(H,19,21). The first-order chi connectivity index (χ1) is 11.1. The number of likely N-dealkylation sites (tertiary alicyclic amines) is 1. The highest BCUT2D eigenvalue weighted by atomic mass is 19.1. The second-order valence-electron chi connectivity index (χ2n) is 5.57. The number of halogens is 1. The Morgan fingerprint density at radius 1 is 1.13 bits per heavy atom. The van der Waals surface area contributed by atoms with Gasteiger partial charge >= 0.3 is 0 Å². The van der Waals surface area contributed by atoms with Crippen molar-refractivity contribution in [2.24, 2.45) is 5.92 Å². The van der Waals surface area contributed by atoms with Crippen molar-refractivity contribution in [1.82, 2.24) is 4.90 Å². The van der Waals surface area contributed by atoms with Crippen molar-refractivity contribution in [1.29, 1.82) is 0 Å². The molecule has 1 aromatic heterocycles. The molecule has 0 radical (unpaired) electrons. The van der Waals surface area contributed by atoms with E-state index >= 15 is 0 Å². The third kappa shape index (κ3) is 3.59. The lowest BCUT2D eigenvalue weighted by Crippen LogP contribution is -2.41. The van der Waals surface area contributed by atoms with Gasteiger partial charge < -0.3 is 14.6 Å². The molecule has 6 heteroatoms. The first-order valence-electron chi connectivity index (χ1n) is 7.51. The molecule has 0 bridgehead atoms. The minimum atomic E-state index is -0.339. The van der Waals surface area contributed by atoms with E-state index in [-0.39, 0.29) is 23.5 Å². The van der Waals surface area contributed by atoms with Crippen molar-refractivity contribution in [3.8, 4) is 0 Å². The Bertz CT molecular complexity index is 674. The Kier molecular flexibility index (Phi) is 4.41. The lowest BCUT2D eigenvalue weighted by atomic mass is 9.95. The van der Waals surface area contributed by atoms with E-state index in [9.17, 15) is 14.0 Å². The molecule has 1 fully saturated rings. The number of amides is 2. The van der Waals surface area contributed by atoms with E-state index in [1.54, 1.807) is 11.0 Å². The number of anilines is 1. The van der Waals surface area contributed by atoms with Gasteiger partial charge in [0.25, 0.3) is 5.91 Å². The summed E-state index contributed by atoms with van der Waals surface area (Å²) in [5.74, 6) is -0.648. The minimum absolute atomic E-state index is 0.0730. The molecule has 120 valence electrons. The average molecular weight is 316 g/mol. The van der Waals surface area contributed by atoms with Crippen LogP contribution in [0.2, 0.25) is 0 Å². The summed E-state index contributed by atoms with van der Waals surface area (Å²) in [5, 5.41) is 2.79. The van der Waals surface area contributed by atoms with Crippen LogP contribution >= 0.6 is 0 Å². The highest BCUT2D eigenvalue weighted by Gasteiger charge is 2.28. The number of piperidine rings is 1. The maximum absolute atomic E-state index is 12.9. The zero-order valence-electron chi connectivity index (χ0n) is 12.5. The van der Waals surface area contributed by atoms with Crippen molar-refractivity contribution in [3.63, 3.8) is 0 Å². The largest absolute Gasteiger partial charge is 0.472 e. The number of nitrogens with zero attached hydrogens (tertiary/aromatic N) is 1. The molecule has 23 heavy (non-hydrogen) atoms. The van der Waals surface area contributed by atoms with E-state index in [1.165, 1.54) is 36.8 Å². The molecule has 0 aliphatic carbocycles. The Hall–Kier alpha value is -2.63. The van der Waals surface area contributed by atoms with Crippen LogP contribution in [0.1, 0.15) is 23.2 Å². The van der Waals surface area contributed by atoms with E-state index in [2.05, 4.69) is 5.32 Å². The molecule has 0 spiro atoms. The van der Waals surface area contributed by atoms with Gasteiger partial charge in [-0.2, -0.15) is 0 Å². The molecular formula is C17H17FN2O3. The van der Waals surface area contributed by atoms with E-state index in [0.29, 0.717) is 37.2 Å². The molecule has 2 aromatic rings. The molecule has 1 aromatic carbocycles. The summed E-state index contributed by atoms with van der Waals surface area (Å²) >= 11 is 0. The maximum atomic E-state index is 12.9. The summed E-state index contributed by atoms with van der Waals surface area (Å²) < 4.78 is 17.8. The molecule has 1 aliphatic heterocycles. The Labute approximate surface area is 133 Å². The van der Waals surface area contributed by atoms with Crippen LogP contribution < -0.4 is 5.32 Å². The second kappa shape index (κ2) is 6.64. The number of benzene rings is 1. The molecule has 5 nitrogen and oxygen atoms in total. The normalized spacial score (nSPS) is 15.4. The van der Waals surface area contributed by atoms with E-state index in [1.807, 2.05) is 0 Å². The topological polar surface area (TPSA) is 62.6 Å². The fourth-order valence-electron chi connectivity index (χ4n) is 2.69. The minimum Gasteiger partial charge on any atom is -0.472 e. The first-order valence-corrected chi connectivity index (χ1v) is 7.51. The molecule has 2 heterocycles. The lowest BCUT2D eigenvalue weighted by molar-refractivity contribution is -0.121. The monoisotopic (exact) mass is 316 g/mol. The van der Waals surface area contributed by atoms with Gasteiger partial charge in [0.05, 0.1) is 11.8 Å². The number of nitrogens with one attached hydrogen (secondary N) is 1. The number of carbonyl (C=O) groups is 2. The first kappa shape index (κ1) is 15.3. The van der Waals surface area contributed by atoms with Gasteiger partial charge in [-0.25, -0.2) is 4.39 Å². The molecule has 1 N–H and O–H groups in total. The van der Waals surface area contributed by atoms with Crippen molar-refractivity contribution in [2.75, 3.05) is 18.4 Å². The van der Waals surface area contributed by atoms with Crippen LogP contribution in [0.3, 0.4) is 0 Å². The highest BCUT2D eigenvalue weighted by Crippen LogP contribution is 2.21. The summed E-state index contributed by atoms with van der Waals surface area (Å²) in [6, 6.07) is 7.31. The van der Waals surface area contributed by atoms with Gasteiger partial charge in [0, 0.05) is 24.7 Å². The van der Waals surface area contributed by atoms with Crippen molar-refractivity contribution in [2.45, 2.75) is 12.8 Å². The fourth-order valence-corrected chi connectivity index (χ4v) is 2.69. The molecule has 0 unspecified atom stereocenters. The quantitative estimate of drug-likeness (QED) is 0.947. The SMILES string of the molecule is O=C(Nc1ccc(F)cc1)C1CCN(C(=O)c2ccoc2)CC1. The van der Waals surface area contributed by atoms with Gasteiger partial charge in [-0.1, -0.05) is 0 Å². The third-order valence-corrected chi connectivity index (χ3v) is 4.03. The lowest BCUT2D eigenvalue weighted by Gasteiger charge is -2.31. The number of carbonyl (C=O) groups excluding carboxylic acids is 2. The summed E-state index contributed by atoms with van der Waals surface area (Å²) in [6.07, 6.45) is 4.11. The van der Waals surface area contributed by atoms with Gasteiger partial charge in [-0.05, 0) is 43.2 Å². The summed E-state index contributed by atoms with van der Waals surface area (Å²) in [6.45, 7) is 1.07. The van der Waals surface area contributed by atoms with Gasteiger partial charge in [-0.3, -0.25) is 9.59 Å². The maximum Gasteiger partial charge on any atom is 0.257 e. The van der Waals surface area contributed by atoms with Crippen LogP contribution in [-0.2, 0) is 4.79 Å². The Morgan fingerprint density at radius 3 is 2.43 bits per heavy atom. The van der Waals surface area contributed by atoms with Crippen LogP contribution in [0.15, 0.2) is 47.3 Å². The Balaban J connectivity index is 1.53. The second-order valence-corrected chi connectivity index (χ2v) is 5.57. The van der Waals surface area contributed by atoms with Gasteiger partial charge in [0.15, 0.2) is 0 Å². The summed E-state index contributed by atoms with van der Waals surface area (Å²) in [5.41, 5.74) is 1.10. The van der Waals surface area contributed by atoms with Gasteiger partial charge in [-0.15, -0.1) is 0 Å². The average Bonchev–Trinajstić information content (AvgIpc) is 3.11. The molecule has 2 amide bonds. The molecule has 0 saturated carbocycles. The van der Waals surface area contributed by atoms with Crippen LogP contribution in [-0.4, -0.2) is 29.8 Å². The van der Waals surface area contributed by atoms with E-state index in [4.69, 9.17) is 4.42 Å². The number of furan rings is 1. The number of rotatable bonds is 3. The van der Waals surface area contributed by atoms with Crippen LogP contribution in [0.4, 0.5) is 10.1 Å². The zero-order chi connectivity index (χ0) is 16.2. The van der Waals surface area contributed by atoms with Crippen molar-refractivity contribution >= 4 is 17.5 Å². The predicted molar refractivity (Wildman–Crippen MR) is 82.4 cm³/mol. The highest BCUT2D eigenvalue weighted by molar-refractivity contribution is 5.95. The molecule has 0 atom stereocenters. The number of hydrogen-bond acceptors (Lipinski definition) is 3. The zero-order valence-corrected chi connectivity index (χ0v) is 12.5. The van der Waals surface area contributed by atoms with Gasteiger partial charge in [0.1, 0.15) is 12.1 Å². The fraction of sp³-hybridized carbons (Fsp3) is 0.294. The van der Waals surface area contributed by atoms with Gasteiger partial charge in [0.2, 0.25) is 5.91 Å². The predicted octanol–water partition coefficient (Wildman–Crippen LogP) is 2.91. The third-order valence-electron chi connectivity index (χ3n) is 4.03. The summed E-state index contributed by atoms with van der Waals surface area (Å²) in [4.78, 5) is 26.2. The van der Waals surface area contributed by atoms with Crippen LogP contribution in [0.25, 0.3) is 0 Å². The molecular weight excluding hydrogens is 299 g/mol. The van der Waals surface area contributed by atoms with Crippen molar-refractivity contribution < 1.29 is 18.4 Å². The summed E-state index contributed by atoms with van der Waals surface area (Å²) in [7, 11) is 0. The van der Waals surface area contributed by atoms with Crippen molar-refractivity contribution in [3.05, 3.63) is 54.2 Å². The van der Waals surface area contributed by atoms with E-state index in [0.717, 1.165) is 0 Å².